The van der Waals surface area contributed by atoms with E-state index in [-0.39, 0.29) is 11.5 Å². The Morgan fingerprint density at radius 3 is 3.16 bits per heavy atom. The van der Waals surface area contributed by atoms with Gasteiger partial charge in [0.05, 0.1) is 22.3 Å². The normalized spacial score (nSPS) is 15.4. The van der Waals surface area contributed by atoms with Gasteiger partial charge in [-0.15, -0.1) is 0 Å². The molecule has 0 spiro atoms. The minimum Gasteiger partial charge on any atom is -0.467 e. The third kappa shape index (κ3) is 2.57. The van der Waals surface area contributed by atoms with E-state index < -0.39 is 0 Å². The maximum Gasteiger partial charge on any atom is 0.257 e. The Kier molecular flexibility index (Phi) is 3.16. The third-order valence-corrected chi connectivity index (χ3v) is 3.58. The molecule has 0 amide bonds. The molecule has 2 aromatic heterocycles. The number of halogens is 1. The number of aromatic nitrogens is 2. The first kappa shape index (κ1) is 12.4. The first-order valence-electron chi connectivity index (χ1n) is 5.94. The summed E-state index contributed by atoms with van der Waals surface area (Å²) < 4.78 is 6.32. The first-order valence-corrected chi connectivity index (χ1v) is 6.74. The number of H-pyrrole nitrogens is 1. The van der Waals surface area contributed by atoms with E-state index in [4.69, 9.17) is 10.2 Å². The first-order chi connectivity index (χ1) is 9.11. The van der Waals surface area contributed by atoms with Crippen LogP contribution in [0.2, 0.25) is 0 Å². The van der Waals surface area contributed by atoms with Crippen molar-refractivity contribution in [1.82, 2.24) is 14.9 Å². The number of hydrogen-bond acceptors (Lipinski definition) is 5. The lowest BCUT2D eigenvalue weighted by atomic mass is 10.1. The lowest BCUT2D eigenvalue weighted by Gasteiger charge is -2.26. The van der Waals surface area contributed by atoms with E-state index in [0.717, 1.165) is 28.9 Å². The molecule has 3 N–H and O–H groups in total. The van der Waals surface area contributed by atoms with Gasteiger partial charge in [0, 0.05) is 19.5 Å². The van der Waals surface area contributed by atoms with E-state index >= 15 is 0 Å². The summed E-state index contributed by atoms with van der Waals surface area (Å²) in [7, 11) is 0. The van der Waals surface area contributed by atoms with E-state index in [0.29, 0.717) is 18.7 Å². The molecule has 1 aliphatic rings. The van der Waals surface area contributed by atoms with Crippen molar-refractivity contribution in [2.75, 3.05) is 12.3 Å². The minimum atomic E-state index is -0.146. The van der Waals surface area contributed by atoms with Crippen LogP contribution in [0.15, 0.2) is 26.0 Å². The van der Waals surface area contributed by atoms with Gasteiger partial charge in [-0.1, -0.05) is 0 Å². The summed E-state index contributed by atoms with van der Waals surface area (Å²) in [6.07, 6.45) is 2.38. The summed E-state index contributed by atoms with van der Waals surface area (Å²) in [5.74, 6) is 1.06. The highest BCUT2D eigenvalue weighted by atomic mass is 79.9. The average Bonchev–Trinajstić information content (AvgIpc) is 2.75. The lowest BCUT2D eigenvalue weighted by molar-refractivity contribution is 0.222. The fourth-order valence-corrected chi connectivity index (χ4v) is 2.64. The second-order valence-corrected chi connectivity index (χ2v) is 5.48. The van der Waals surface area contributed by atoms with Crippen molar-refractivity contribution < 1.29 is 4.42 Å². The van der Waals surface area contributed by atoms with Crippen LogP contribution >= 0.6 is 15.9 Å². The number of aromatic amines is 1. The number of furan rings is 1. The van der Waals surface area contributed by atoms with Gasteiger partial charge in [0.15, 0.2) is 0 Å². The van der Waals surface area contributed by atoms with Crippen LogP contribution < -0.4 is 11.3 Å². The van der Waals surface area contributed by atoms with Crippen molar-refractivity contribution in [3.05, 3.63) is 44.2 Å². The number of hydrogen-bond donors (Lipinski definition) is 2. The van der Waals surface area contributed by atoms with Crippen molar-refractivity contribution in [2.24, 2.45) is 0 Å². The van der Waals surface area contributed by atoms with Gasteiger partial charge >= 0.3 is 0 Å². The van der Waals surface area contributed by atoms with Gasteiger partial charge in [0.25, 0.3) is 5.56 Å². The monoisotopic (exact) mass is 324 g/mol. The van der Waals surface area contributed by atoms with Crippen LogP contribution in [-0.4, -0.2) is 21.4 Å². The molecule has 0 atom stereocenters. The quantitative estimate of drug-likeness (QED) is 0.868. The molecule has 0 aromatic carbocycles. The van der Waals surface area contributed by atoms with Crippen LogP contribution in [0.4, 0.5) is 5.95 Å². The van der Waals surface area contributed by atoms with Crippen molar-refractivity contribution in [1.29, 1.82) is 0 Å². The van der Waals surface area contributed by atoms with Gasteiger partial charge in [0.2, 0.25) is 5.95 Å². The predicted octanol–water partition coefficient (Wildman–Crippen LogP) is 1.27. The SMILES string of the molecule is Nc1nc2c(c(=O)[nH]1)CN(Cc1cc(Br)co1)CC2. The van der Waals surface area contributed by atoms with Crippen LogP contribution in [0.1, 0.15) is 17.0 Å². The molecule has 7 heteroatoms. The highest BCUT2D eigenvalue weighted by Crippen LogP contribution is 2.19. The molecule has 0 saturated heterocycles. The molecule has 1 aliphatic heterocycles. The molecule has 0 fully saturated rings. The van der Waals surface area contributed by atoms with Crippen LogP contribution in [0.3, 0.4) is 0 Å². The molecule has 3 heterocycles. The zero-order chi connectivity index (χ0) is 13.4. The Hall–Kier alpha value is -1.60. The summed E-state index contributed by atoms with van der Waals surface area (Å²) in [6.45, 7) is 2.08. The lowest BCUT2D eigenvalue weighted by Crippen LogP contribution is -2.35. The Labute approximate surface area is 117 Å². The largest absolute Gasteiger partial charge is 0.467 e. The van der Waals surface area contributed by atoms with E-state index in [9.17, 15) is 4.79 Å². The Bertz CT molecular complexity index is 664. The maximum absolute atomic E-state index is 11.9. The number of nitrogens with one attached hydrogen (secondary N) is 1. The number of nitrogens with two attached hydrogens (primary N) is 1. The molecule has 6 nitrogen and oxygen atoms in total. The molecule has 100 valence electrons. The van der Waals surface area contributed by atoms with Gasteiger partial charge in [-0.3, -0.25) is 14.7 Å². The number of nitrogens with zero attached hydrogens (tertiary/aromatic N) is 2. The Morgan fingerprint density at radius 2 is 2.42 bits per heavy atom. The number of rotatable bonds is 2. The van der Waals surface area contributed by atoms with Crippen LogP contribution in [0.5, 0.6) is 0 Å². The standard InChI is InChI=1S/C12H13BrN4O2/c13-7-3-8(19-6-7)4-17-2-1-10-9(5-17)11(18)16-12(14)15-10/h3,6H,1-2,4-5H2,(H3,14,15,16,18). The molecule has 0 bridgehead atoms. The average molecular weight is 325 g/mol. The van der Waals surface area contributed by atoms with E-state index in [1.54, 1.807) is 6.26 Å². The second-order valence-electron chi connectivity index (χ2n) is 4.57. The van der Waals surface area contributed by atoms with Crippen LogP contribution in [0, 0.1) is 0 Å². The molecular formula is C12H13BrN4O2. The van der Waals surface area contributed by atoms with Gasteiger partial charge in [-0.2, -0.15) is 0 Å². The zero-order valence-corrected chi connectivity index (χ0v) is 11.7. The van der Waals surface area contributed by atoms with E-state index in [1.165, 1.54) is 0 Å². The molecular weight excluding hydrogens is 312 g/mol. The van der Waals surface area contributed by atoms with Crippen molar-refractivity contribution in [3.63, 3.8) is 0 Å². The topological polar surface area (TPSA) is 88.1 Å². The molecule has 0 radical (unpaired) electrons. The Morgan fingerprint density at radius 1 is 1.58 bits per heavy atom. The van der Waals surface area contributed by atoms with Crippen molar-refractivity contribution in [2.45, 2.75) is 19.5 Å². The number of anilines is 1. The van der Waals surface area contributed by atoms with E-state index in [2.05, 4.69) is 30.8 Å². The fourth-order valence-electron chi connectivity index (χ4n) is 2.29. The molecule has 19 heavy (non-hydrogen) atoms. The molecule has 2 aromatic rings. The molecule has 0 saturated carbocycles. The fraction of sp³-hybridized carbons (Fsp3) is 0.333. The van der Waals surface area contributed by atoms with Gasteiger partial charge < -0.3 is 10.2 Å². The predicted molar refractivity (Wildman–Crippen MR) is 73.5 cm³/mol. The highest BCUT2D eigenvalue weighted by Gasteiger charge is 2.21. The van der Waals surface area contributed by atoms with Gasteiger partial charge in [-0.05, 0) is 22.0 Å². The molecule has 3 rings (SSSR count). The highest BCUT2D eigenvalue weighted by molar-refractivity contribution is 9.10. The van der Waals surface area contributed by atoms with Crippen molar-refractivity contribution in [3.8, 4) is 0 Å². The minimum absolute atomic E-state index is 0.146. The van der Waals surface area contributed by atoms with Crippen LogP contribution in [0.25, 0.3) is 0 Å². The zero-order valence-electron chi connectivity index (χ0n) is 10.1. The summed E-state index contributed by atoms with van der Waals surface area (Å²) in [5, 5.41) is 0. The third-order valence-electron chi connectivity index (χ3n) is 3.17. The van der Waals surface area contributed by atoms with Crippen molar-refractivity contribution >= 4 is 21.9 Å². The summed E-state index contributed by atoms with van der Waals surface area (Å²) >= 11 is 3.35. The molecule has 0 aliphatic carbocycles. The van der Waals surface area contributed by atoms with Gasteiger partial charge in [0.1, 0.15) is 12.0 Å². The number of fused-ring (bicyclic) bond motifs is 1. The smallest absolute Gasteiger partial charge is 0.257 e. The second kappa shape index (κ2) is 4.82. The number of nitrogen functional groups attached to an aromatic ring is 1. The maximum atomic E-state index is 11.9. The summed E-state index contributed by atoms with van der Waals surface area (Å²) in [5.41, 5.74) is 6.90. The Balaban J connectivity index is 1.80. The van der Waals surface area contributed by atoms with E-state index in [1.807, 2.05) is 6.07 Å². The molecule has 0 unspecified atom stereocenters. The summed E-state index contributed by atoms with van der Waals surface area (Å²) in [6, 6.07) is 1.93. The van der Waals surface area contributed by atoms with Crippen LogP contribution in [-0.2, 0) is 19.5 Å². The van der Waals surface area contributed by atoms with Gasteiger partial charge in [-0.25, -0.2) is 4.98 Å². The summed E-state index contributed by atoms with van der Waals surface area (Å²) in [4.78, 5) is 20.7.